The van der Waals surface area contributed by atoms with Crippen molar-refractivity contribution in [3.63, 3.8) is 0 Å². The summed E-state index contributed by atoms with van der Waals surface area (Å²) in [5, 5.41) is 2.27. The van der Waals surface area contributed by atoms with Crippen molar-refractivity contribution in [3.05, 3.63) is 0 Å². The molecular weight excluding hydrogens is 452 g/mol. The lowest BCUT2D eigenvalue weighted by Crippen LogP contribution is -2.40. The summed E-state index contributed by atoms with van der Waals surface area (Å²) < 4.78 is 36.4. The van der Waals surface area contributed by atoms with Gasteiger partial charge in [0, 0.05) is 33.9 Å². The van der Waals surface area contributed by atoms with Crippen LogP contribution in [0.4, 0.5) is 0 Å². The maximum Gasteiger partial charge on any atom is 0.0790 e. The average Bonchev–Trinajstić information content (AvgIpc) is 2.42. The van der Waals surface area contributed by atoms with Crippen LogP contribution in [-0.4, -0.2) is 91.5 Å². The molecule has 6 nitrogen and oxygen atoms in total. The first-order chi connectivity index (χ1) is 10.2. The van der Waals surface area contributed by atoms with E-state index in [9.17, 15) is 0 Å². The zero-order chi connectivity index (χ0) is 19.2. The molecule has 0 aliphatic rings. The van der Waals surface area contributed by atoms with E-state index in [0.29, 0.717) is 0 Å². The molecule has 0 aliphatic heterocycles. The van der Waals surface area contributed by atoms with Crippen LogP contribution in [0.3, 0.4) is 0 Å². The lowest BCUT2D eigenvalue weighted by molar-refractivity contribution is -0.888. The van der Waals surface area contributed by atoms with Crippen LogP contribution < -0.4 is 0 Å². The number of quaternary nitrogens is 2. The standard InChI is InChI=1S/2C7H17BrN.H2O4S/c2*1-4-9(2,3)7-5-6-8;1-5(2,3)4/h2*4-7H2,1-3H3;(H2,1,2,3,4)/q2*+1;/p-2. The van der Waals surface area contributed by atoms with Crippen molar-refractivity contribution in [1.29, 1.82) is 0 Å². The van der Waals surface area contributed by atoms with E-state index in [1.165, 1.54) is 39.0 Å². The Bertz CT molecular complexity index is 336. The molecule has 0 rings (SSSR count). The molecule has 0 saturated carbocycles. The first-order valence-corrected chi connectivity index (χ1v) is 11.2. The molecule has 0 aliphatic carbocycles. The van der Waals surface area contributed by atoms with E-state index in [0.717, 1.165) is 19.6 Å². The fraction of sp³-hybridized carbons (Fsp3) is 1.00. The Morgan fingerprint density at radius 3 is 1.13 bits per heavy atom. The maximum absolute atomic E-state index is 8.52. The Kier molecular flexibility index (Phi) is 18.7. The number of halogens is 2. The summed E-state index contributed by atoms with van der Waals surface area (Å²) in [7, 11) is 3.90. The molecule has 0 unspecified atom stereocenters. The smallest absolute Gasteiger partial charge is 0.0790 e. The van der Waals surface area contributed by atoms with Gasteiger partial charge in [-0.15, -0.1) is 0 Å². The molecule has 0 atom stereocenters. The average molecular weight is 486 g/mol. The van der Waals surface area contributed by atoms with E-state index >= 15 is 0 Å². The van der Waals surface area contributed by atoms with Crippen LogP contribution >= 0.6 is 31.9 Å². The predicted octanol–water partition coefficient (Wildman–Crippen LogP) is 2.40. The van der Waals surface area contributed by atoms with Crippen LogP contribution in [0, 0.1) is 0 Å². The van der Waals surface area contributed by atoms with Gasteiger partial charge >= 0.3 is 0 Å². The monoisotopic (exact) mass is 484 g/mol. The van der Waals surface area contributed by atoms with Crippen molar-refractivity contribution in [2.45, 2.75) is 26.7 Å². The molecule has 0 saturated heterocycles. The maximum atomic E-state index is 8.52. The molecule has 0 fully saturated rings. The van der Waals surface area contributed by atoms with E-state index in [2.05, 4.69) is 73.9 Å². The van der Waals surface area contributed by atoms with Crippen molar-refractivity contribution in [2.75, 3.05) is 65.0 Å². The van der Waals surface area contributed by atoms with Crippen molar-refractivity contribution < 1.29 is 26.5 Å². The Morgan fingerprint density at radius 1 is 0.783 bits per heavy atom. The number of rotatable bonds is 8. The summed E-state index contributed by atoms with van der Waals surface area (Å²) >= 11 is 6.84. The Labute approximate surface area is 160 Å². The topological polar surface area (TPSA) is 80.3 Å². The normalized spacial score (nSPS) is 11.9. The van der Waals surface area contributed by atoms with E-state index in [1.807, 2.05) is 0 Å². The lowest BCUT2D eigenvalue weighted by atomic mass is 10.4. The van der Waals surface area contributed by atoms with Crippen molar-refractivity contribution in [2.24, 2.45) is 0 Å². The Morgan fingerprint density at radius 2 is 1.00 bits per heavy atom. The second-order valence-corrected chi connectivity index (χ2v) is 8.85. The third kappa shape index (κ3) is 34.9. The molecule has 144 valence electrons. The van der Waals surface area contributed by atoms with Gasteiger partial charge in [0.15, 0.2) is 0 Å². The number of nitrogens with zero attached hydrogens (tertiary/aromatic N) is 2. The van der Waals surface area contributed by atoms with Gasteiger partial charge in [0.2, 0.25) is 0 Å². The van der Waals surface area contributed by atoms with Crippen LogP contribution in [0.5, 0.6) is 0 Å². The predicted molar refractivity (Wildman–Crippen MR) is 102 cm³/mol. The third-order valence-corrected chi connectivity index (χ3v) is 4.63. The van der Waals surface area contributed by atoms with Gasteiger partial charge in [-0.1, -0.05) is 31.9 Å². The quantitative estimate of drug-likeness (QED) is 0.229. The molecule has 0 heterocycles. The van der Waals surface area contributed by atoms with Crippen LogP contribution in [0.2, 0.25) is 0 Å². The highest BCUT2D eigenvalue weighted by Gasteiger charge is 2.09. The molecule has 0 N–H and O–H groups in total. The summed E-state index contributed by atoms with van der Waals surface area (Å²) in [6.07, 6.45) is 2.56. The van der Waals surface area contributed by atoms with Gasteiger partial charge in [-0.05, 0) is 13.8 Å². The van der Waals surface area contributed by atoms with Gasteiger partial charge in [0.05, 0.1) is 54.4 Å². The molecule has 0 spiro atoms. The van der Waals surface area contributed by atoms with Crippen LogP contribution in [0.15, 0.2) is 0 Å². The molecule has 0 radical (unpaired) electrons. The lowest BCUT2D eigenvalue weighted by Gasteiger charge is -2.27. The van der Waals surface area contributed by atoms with Crippen LogP contribution in [0.25, 0.3) is 0 Å². The summed E-state index contributed by atoms with van der Waals surface area (Å²) in [6, 6.07) is 0. The van der Waals surface area contributed by atoms with Crippen molar-refractivity contribution in [1.82, 2.24) is 0 Å². The first kappa shape index (κ1) is 28.5. The van der Waals surface area contributed by atoms with Crippen LogP contribution in [-0.2, 0) is 10.4 Å². The SMILES string of the molecule is CC[N+](C)(C)CCCBr.CC[N+](C)(C)CCCBr.O=S(=O)([O-])[O-]. The third-order valence-electron chi connectivity index (χ3n) is 3.51. The molecular formula is C14H34Br2N2O4S. The second kappa shape index (κ2) is 15.0. The minimum absolute atomic E-state index is 1.13. The molecule has 0 aromatic rings. The van der Waals surface area contributed by atoms with Gasteiger partial charge in [-0.25, -0.2) is 0 Å². The molecule has 0 bridgehead atoms. The van der Waals surface area contributed by atoms with Gasteiger partial charge in [-0.3, -0.25) is 8.42 Å². The van der Waals surface area contributed by atoms with Gasteiger partial charge in [-0.2, -0.15) is 0 Å². The number of hydrogen-bond donors (Lipinski definition) is 0. The van der Waals surface area contributed by atoms with Crippen molar-refractivity contribution >= 4 is 42.3 Å². The molecule has 0 aromatic heterocycles. The van der Waals surface area contributed by atoms with Gasteiger partial charge in [0.25, 0.3) is 0 Å². The van der Waals surface area contributed by atoms with Crippen LogP contribution in [0.1, 0.15) is 26.7 Å². The number of alkyl halides is 2. The molecule has 23 heavy (non-hydrogen) atoms. The van der Waals surface area contributed by atoms with E-state index in [1.54, 1.807) is 0 Å². The zero-order valence-corrected chi connectivity index (χ0v) is 19.3. The summed E-state index contributed by atoms with van der Waals surface area (Å²) in [5.74, 6) is 0. The Balaban J connectivity index is -0.000000273. The van der Waals surface area contributed by atoms with Gasteiger partial charge in [0.1, 0.15) is 0 Å². The summed E-state index contributed by atoms with van der Waals surface area (Å²) in [6.45, 7) is 9.48. The fourth-order valence-corrected chi connectivity index (χ4v) is 1.79. The highest BCUT2D eigenvalue weighted by Crippen LogP contribution is 2.00. The molecule has 0 amide bonds. The highest BCUT2D eigenvalue weighted by molar-refractivity contribution is 9.09. The summed E-state index contributed by atoms with van der Waals surface area (Å²) in [5.41, 5.74) is 0. The molecule has 9 heteroatoms. The van der Waals surface area contributed by atoms with E-state index < -0.39 is 10.4 Å². The largest absolute Gasteiger partial charge is 0.759 e. The van der Waals surface area contributed by atoms with Crippen molar-refractivity contribution in [3.8, 4) is 0 Å². The van der Waals surface area contributed by atoms with Gasteiger partial charge < -0.3 is 18.1 Å². The second-order valence-electron chi connectivity index (χ2n) is 6.44. The first-order valence-electron chi connectivity index (χ1n) is 7.67. The fourth-order valence-electron chi connectivity index (χ4n) is 1.29. The minimum Gasteiger partial charge on any atom is -0.759 e. The molecule has 0 aromatic carbocycles. The van der Waals surface area contributed by atoms with E-state index in [4.69, 9.17) is 17.5 Å². The number of hydrogen-bond acceptors (Lipinski definition) is 4. The minimum atomic E-state index is -5.17. The Hall–Kier alpha value is 0.750. The summed E-state index contributed by atoms with van der Waals surface area (Å²) in [4.78, 5) is 0. The zero-order valence-electron chi connectivity index (χ0n) is 15.3. The highest BCUT2D eigenvalue weighted by atomic mass is 79.9. The van der Waals surface area contributed by atoms with E-state index in [-0.39, 0.29) is 0 Å².